The minimum Gasteiger partial charge on any atom is -0.494 e. The Hall–Kier alpha value is -3.23. The highest BCUT2D eigenvalue weighted by molar-refractivity contribution is 7.89. The first-order valence-corrected chi connectivity index (χ1v) is 11.4. The van der Waals surface area contributed by atoms with E-state index in [0.29, 0.717) is 12.4 Å². The lowest BCUT2D eigenvalue weighted by molar-refractivity contribution is -0.122. The van der Waals surface area contributed by atoms with E-state index >= 15 is 0 Å². The summed E-state index contributed by atoms with van der Waals surface area (Å²) in [5, 5.41) is 2.81. The van der Waals surface area contributed by atoms with Gasteiger partial charge in [0.1, 0.15) is 11.8 Å². The zero-order chi connectivity index (χ0) is 22.1. The number of hydrogen-bond acceptors (Lipinski definition) is 5. The Morgan fingerprint density at radius 2 is 1.65 bits per heavy atom. The molecule has 0 spiro atoms. The molecule has 1 atom stereocenters. The number of carbonyl (C=O) groups excluding carboxylic acids is 1. The second kappa shape index (κ2) is 10.7. The summed E-state index contributed by atoms with van der Waals surface area (Å²) < 4.78 is 33.8. The number of ether oxygens (including phenoxy) is 1. The van der Waals surface area contributed by atoms with E-state index in [1.165, 1.54) is 12.1 Å². The summed E-state index contributed by atoms with van der Waals surface area (Å²) in [5.74, 6) is 0.174. The molecule has 3 aromatic rings. The van der Waals surface area contributed by atoms with Gasteiger partial charge < -0.3 is 10.1 Å². The molecule has 31 heavy (non-hydrogen) atoms. The lowest BCUT2D eigenvalue weighted by Gasteiger charge is -2.19. The Morgan fingerprint density at radius 3 is 2.29 bits per heavy atom. The lowest BCUT2D eigenvalue weighted by Crippen LogP contribution is -2.47. The van der Waals surface area contributed by atoms with Crippen molar-refractivity contribution in [2.75, 3.05) is 6.61 Å². The maximum atomic E-state index is 12.9. The minimum absolute atomic E-state index is 0.0657. The fourth-order valence-corrected chi connectivity index (χ4v) is 4.18. The molecular weight excluding hydrogens is 414 g/mol. The molecule has 0 bridgehead atoms. The predicted octanol–water partition coefficient (Wildman–Crippen LogP) is 2.69. The zero-order valence-corrected chi connectivity index (χ0v) is 18.0. The molecule has 0 aliphatic rings. The standard InChI is InChI=1S/C23H25N3O4S/c1-2-30-20-8-10-21(11-9-20)31(28,29)26-22(16-18-6-4-3-5-7-18)23(27)25-17-19-12-14-24-15-13-19/h3-15,22,26H,2,16-17H2,1H3,(H,25,27)/t22-/m0/s1. The molecule has 1 aromatic heterocycles. The summed E-state index contributed by atoms with van der Waals surface area (Å²) in [6.07, 6.45) is 3.49. The van der Waals surface area contributed by atoms with Crippen molar-refractivity contribution in [2.45, 2.75) is 30.8 Å². The van der Waals surface area contributed by atoms with E-state index in [4.69, 9.17) is 4.74 Å². The lowest BCUT2D eigenvalue weighted by atomic mass is 10.1. The van der Waals surface area contributed by atoms with Crippen LogP contribution in [-0.2, 0) is 27.8 Å². The average Bonchev–Trinajstić information content (AvgIpc) is 2.79. The van der Waals surface area contributed by atoms with Crippen LogP contribution in [0.3, 0.4) is 0 Å². The molecule has 0 saturated heterocycles. The summed E-state index contributed by atoms with van der Waals surface area (Å²) in [4.78, 5) is 16.9. The van der Waals surface area contributed by atoms with E-state index in [2.05, 4.69) is 15.0 Å². The maximum absolute atomic E-state index is 12.9. The number of sulfonamides is 1. The number of amides is 1. The molecule has 0 unspecified atom stereocenters. The molecule has 1 amide bonds. The summed E-state index contributed by atoms with van der Waals surface area (Å²) in [7, 11) is -3.92. The molecule has 7 nitrogen and oxygen atoms in total. The molecule has 2 aromatic carbocycles. The summed E-state index contributed by atoms with van der Waals surface area (Å²) in [6.45, 7) is 2.61. The maximum Gasteiger partial charge on any atom is 0.241 e. The zero-order valence-electron chi connectivity index (χ0n) is 17.2. The number of carbonyl (C=O) groups is 1. The van der Waals surface area contributed by atoms with Crippen molar-refractivity contribution in [3.8, 4) is 5.75 Å². The van der Waals surface area contributed by atoms with Gasteiger partial charge in [-0.3, -0.25) is 9.78 Å². The molecule has 0 saturated carbocycles. The van der Waals surface area contributed by atoms with Gasteiger partial charge in [0, 0.05) is 18.9 Å². The smallest absolute Gasteiger partial charge is 0.241 e. The van der Waals surface area contributed by atoms with Crippen molar-refractivity contribution in [1.82, 2.24) is 15.0 Å². The fraction of sp³-hybridized carbons (Fsp3) is 0.217. The Kier molecular flexibility index (Phi) is 7.75. The number of nitrogens with one attached hydrogen (secondary N) is 2. The van der Waals surface area contributed by atoms with Crippen LogP contribution in [0.15, 0.2) is 84.0 Å². The topological polar surface area (TPSA) is 97.4 Å². The van der Waals surface area contributed by atoms with Crippen molar-refractivity contribution in [3.05, 3.63) is 90.3 Å². The third-order valence-corrected chi connectivity index (χ3v) is 6.05. The summed E-state index contributed by atoms with van der Waals surface area (Å²) in [5.41, 5.74) is 1.72. The van der Waals surface area contributed by atoms with Gasteiger partial charge in [0.25, 0.3) is 0 Å². The fourth-order valence-electron chi connectivity index (χ4n) is 2.99. The largest absolute Gasteiger partial charge is 0.494 e. The minimum atomic E-state index is -3.92. The van der Waals surface area contributed by atoms with Gasteiger partial charge in [-0.1, -0.05) is 30.3 Å². The van der Waals surface area contributed by atoms with Crippen molar-refractivity contribution >= 4 is 15.9 Å². The van der Waals surface area contributed by atoms with Crippen LogP contribution in [0.25, 0.3) is 0 Å². The Morgan fingerprint density at radius 1 is 0.968 bits per heavy atom. The van der Waals surface area contributed by atoms with Crippen LogP contribution >= 0.6 is 0 Å². The van der Waals surface area contributed by atoms with Gasteiger partial charge in [-0.15, -0.1) is 0 Å². The highest BCUT2D eigenvalue weighted by Gasteiger charge is 2.26. The van der Waals surface area contributed by atoms with Crippen LogP contribution < -0.4 is 14.8 Å². The first-order chi connectivity index (χ1) is 15.0. The summed E-state index contributed by atoms with van der Waals surface area (Å²) in [6, 6.07) is 18.0. The molecule has 0 aliphatic heterocycles. The highest BCUT2D eigenvalue weighted by atomic mass is 32.2. The van der Waals surface area contributed by atoms with Gasteiger partial charge in [-0.2, -0.15) is 4.72 Å². The molecule has 0 aliphatic carbocycles. The predicted molar refractivity (Wildman–Crippen MR) is 118 cm³/mol. The van der Waals surface area contributed by atoms with Crippen LogP contribution in [0.1, 0.15) is 18.1 Å². The van der Waals surface area contributed by atoms with E-state index in [0.717, 1.165) is 11.1 Å². The van der Waals surface area contributed by atoms with Gasteiger partial charge in [0.2, 0.25) is 15.9 Å². The number of pyridine rings is 1. The van der Waals surface area contributed by atoms with Crippen molar-refractivity contribution in [3.63, 3.8) is 0 Å². The van der Waals surface area contributed by atoms with Crippen molar-refractivity contribution in [1.29, 1.82) is 0 Å². The average molecular weight is 440 g/mol. The molecule has 2 N–H and O–H groups in total. The SMILES string of the molecule is CCOc1ccc(S(=O)(=O)N[C@@H](Cc2ccccc2)C(=O)NCc2ccncc2)cc1. The third-order valence-electron chi connectivity index (χ3n) is 4.56. The van der Waals surface area contributed by atoms with Gasteiger partial charge in [0.15, 0.2) is 0 Å². The van der Waals surface area contributed by atoms with Gasteiger partial charge in [-0.05, 0) is 60.9 Å². The van der Waals surface area contributed by atoms with E-state index in [1.54, 1.807) is 36.7 Å². The third kappa shape index (κ3) is 6.63. The van der Waals surface area contributed by atoms with E-state index in [1.807, 2.05) is 37.3 Å². The number of benzene rings is 2. The van der Waals surface area contributed by atoms with Crippen LogP contribution in [0, 0.1) is 0 Å². The Labute approximate surface area is 182 Å². The monoisotopic (exact) mass is 439 g/mol. The van der Waals surface area contributed by atoms with Crippen LogP contribution in [0.5, 0.6) is 5.75 Å². The number of hydrogen-bond donors (Lipinski definition) is 2. The molecule has 0 radical (unpaired) electrons. The highest BCUT2D eigenvalue weighted by Crippen LogP contribution is 2.17. The van der Waals surface area contributed by atoms with Crippen LogP contribution in [0.2, 0.25) is 0 Å². The Balaban J connectivity index is 1.77. The molecule has 1 heterocycles. The van der Waals surface area contributed by atoms with Gasteiger partial charge >= 0.3 is 0 Å². The normalized spacial score (nSPS) is 12.2. The van der Waals surface area contributed by atoms with E-state index < -0.39 is 22.0 Å². The number of aromatic nitrogens is 1. The van der Waals surface area contributed by atoms with Gasteiger partial charge in [-0.25, -0.2) is 8.42 Å². The second-order valence-corrected chi connectivity index (χ2v) is 8.56. The van der Waals surface area contributed by atoms with Crippen LogP contribution in [-0.4, -0.2) is 32.0 Å². The molecule has 162 valence electrons. The number of nitrogens with zero attached hydrogens (tertiary/aromatic N) is 1. The Bertz CT molecular complexity index is 1070. The van der Waals surface area contributed by atoms with E-state index in [9.17, 15) is 13.2 Å². The number of rotatable bonds is 10. The quantitative estimate of drug-likeness (QED) is 0.506. The van der Waals surface area contributed by atoms with Crippen molar-refractivity contribution < 1.29 is 17.9 Å². The first-order valence-electron chi connectivity index (χ1n) is 9.93. The van der Waals surface area contributed by atoms with Crippen LogP contribution in [0.4, 0.5) is 0 Å². The second-order valence-electron chi connectivity index (χ2n) is 6.84. The van der Waals surface area contributed by atoms with Gasteiger partial charge in [0.05, 0.1) is 11.5 Å². The molecular formula is C23H25N3O4S. The first kappa shape index (κ1) is 22.5. The van der Waals surface area contributed by atoms with E-state index in [-0.39, 0.29) is 17.9 Å². The molecule has 0 fully saturated rings. The molecule has 3 rings (SSSR count). The molecule has 8 heteroatoms. The summed E-state index contributed by atoms with van der Waals surface area (Å²) >= 11 is 0. The van der Waals surface area contributed by atoms with Crippen molar-refractivity contribution in [2.24, 2.45) is 0 Å².